The first-order valence-corrected chi connectivity index (χ1v) is 14.7. The van der Waals surface area contributed by atoms with Crippen molar-refractivity contribution < 1.29 is 0 Å². The molecule has 8 aliphatic carbocycles. The van der Waals surface area contributed by atoms with Crippen molar-refractivity contribution in [3.63, 3.8) is 0 Å². The van der Waals surface area contributed by atoms with E-state index >= 15 is 0 Å². The van der Waals surface area contributed by atoms with Crippen molar-refractivity contribution in [3.05, 3.63) is 0 Å². The highest BCUT2D eigenvalue weighted by Gasteiger charge is 2.72. The van der Waals surface area contributed by atoms with Gasteiger partial charge in [0.2, 0.25) is 0 Å². The predicted octanol–water partition coefficient (Wildman–Crippen LogP) is 7.23. The SMILES string of the molecule is CC(C)C[P+](C)(C12CC3CC(CC(C3)C1)C2)C12CC3CC(CC(C3)C1)C2. The van der Waals surface area contributed by atoms with Crippen LogP contribution in [0.3, 0.4) is 0 Å². The normalized spacial score (nSPS) is 56.3. The summed E-state index contributed by atoms with van der Waals surface area (Å²) in [4.78, 5) is 0. The fourth-order valence-electron chi connectivity index (χ4n) is 11.0. The topological polar surface area (TPSA) is 0 Å². The third kappa shape index (κ3) is 2.24. The van der Waals surface area contributed by atoms with Crippen LogP contribution in [0.1, 0.15) is 90.9 Å². The van der Waals surface area contributed by atoms with Crippen LogP contribution in [0.4, 0.5) is 0 Å². The smallest absolute Gasteiger partial charge is 0.0593 e. The van der Waals surface area contributed by atoms with Crippen molar-refractivity contribution >= 4 is 7.26 Å². The zero-order chi connectivity index (χ0) is 17.7. The molecule has 8 fully saturated rings. The number of hydrogen-bond donors (Lipinski definition) is 0. The molecule has 0 atom stereocenters. The molecule has 0 unspecified atom stereocenters. The zero-order valence-corrected chi connectivity index (χ0v) is 18.6. The van der Waals surface area contributed by atoms with Crippen LogP contribution in [-0.2, 0) is 0 Å². The van der Waals surface area contributed by atoms with Crippen molar-refractivity contribution in [3.8, 4) is 0 Å². The molecule has 8 rings (SSSR count). The zero-order valence-electron chi connectivity index (χ0n) is 17.7. The van der Waals surface area contributed by atoms with E-state index in [1.807, 2.05) is 0 Å². The molecule has 26 heavy (non-hydrogen) atoms. The molecule has 0 aromatic carbocycles. The lowest BCUT2D eigenvalue weighted by molar-refractivity contribution is 0.0159. The van der Waals surface area contributed by atoms with Gasteiger partial charge in [-0.1, -0.05) is 13.8 Å². The second kappa shape index (κ2) is 5.52. The van der Waals surface area contributed by atoms with Crippen LogP contribution in [0.25, 0.3) is 0 Å². The maximum Gasteiger partial charge on any atom is 0.0810 e. The maximum absolute atomic E-state index is 2.99. The molecule has 146 valence electrons. The molecule has 1 heteroatoms. The first-order chi connectivity index (χ1) is 12.4. The molecule has 0 nitrogen and oxygen atoms in total. The van der Waals surface area contributed by atoms with E-state index in [2.05, 4.69) is 20.5 Å². The molecular formula is C25H42P+. The Labute approximate surface area is 163 Å². The minimum atomic E-state index is -0.924. The van der Waals surface area contributed by atoms with Crippen molar-refractivity contribution in [1.29, 1.82) is 0 Å². The van der Waals surface area contributed by atoms with Crippen LogP contribution in [0.2, 0.25) is 0 Å². The van der Waals surface area contributed by atoms with E-state index in [1.165, 1.54) is 0 Å². The van der Waals surface area contributed by atoms with Crippen molar-refractivity contribution in [1.82, 2.24) is 0 Å². The summed E-state index contributed by atoms with van der Waals surface area (Å²) >= 11 is 0. The van der Waals surface area contributed by atoms with Gasteiger partial charge >= 0.3 is 0 Å². The lowest BCUT2D eigenvalue weighted by atomic mass is 9.55. The molecule has 0 saturated heterocycles. The van der Waals surface area contributed by atoms with E-state index in [4.69, 9.17) is 0 Å². The minimum absolute atomic E-state index is 0.845. The molecule has 8 aliphatic rings. The average Bonchev–Trinajstić information content (AvgIpc) is 2.51. The summed E-state index contributed by atoms with van der Waals surface area (Å²) < 4.78 is 0. The van der Waals surface area contributed by atoms with Gasteiger partial charge in [0.25, 0.3) is 0 Å². The molecule has 0 aromatic heterocycles. The molecule has 0 amide bonds. The van der Waals surface area contributed by atoms with E-state index in [0.29, 0.717) is 0 Å². The van der Waals surface area contributed by atoms with Crippen LogP contribution in [-0.4, -0.2) is 23.1 Å². The summed E-state index contributed by atoms with van der Waals surface area (Å²) in [6.07, 6.45) is 21.5. The summed E-state index contributed by atoms with van der Waals surface area (Å²) in [5.74, 6) is 7.77. The van der Waals surface area contributed by atoms with Crippen LogP contribution in [0.5, 0.6) is 0 Å². The van der Waals surface area contributed by atoms with E-state index in [1.54, 1.807) is 83.2 Å². The first kappa shape index (κ1) is 17.3. The van der Waals surface area contributed by atoms with E-state index in [0.717, 1.165) is 51.7 Å². The van der Waals surface area contributed by atoms with Crippen LogP contribution >= 0.6 is 7.26 Å². The molecule has 0 spiro atoms. The van der Waals surface area contributed by atoms with Gasteiger partial charge in [0.05, 0.1) is 16.5 Å². The second-order valence-electron chi connectivity index (χ2n) is 13.1. The quantitative estimate of drug-likeness (QED) is 0.456. The fourth-order valence-corrected chi connectivity index (χ4v) is 18.2. The van der Waals surface area contributed by atoms with Crippen molar-refractivity contribution in [2.75, 3.05) is 12.8 Å². The molecule has 8 bridgehead atoms. The largest absolute Gasteiger partial charge is 0.0810 e. The Balaban J connectivity index is 1.45. The molecule has 0 N–H and O–H groups in total. The predicted molar refractivity (Wildman–Crippen MR) is 114 cm³/mol. The summed E-state index contributed by atoms with van der Waals surface area (Å²) in [5.41, 5.74) is 0. The Bertz CT molecular complexity index is 472. The Kier molecular flexibility index (Phi) is 3.67. The maximum atomic E-state index is 2.99. The lowest BCUT2D eigenvalue weighted by Gasteiger charge is -2.67. The molecule has 0 aromatic rings. The van der Waals surface area contributed by atoms with Crippen LogP contribution < -0.4 is 0 Å². The fraction of sp³-hybridized carbons (Fsp3) is 1.00. The van der Waals surface area contributed by atoms with Gasteiger partial charge in [-0.25, -0.2) is 0 Å². The highest BCUT2D eigenvalue weighted by Crippen LogP contribution is 2.87. The highest BCUT2D eigenvalue weighted by atomic mass is 31.2. The van der Waals surface area contributed by atoms with Gasteiger partial charge < -0.3 is 0 Å². The van der Waals surface area contributed by atoms with Crippen LogP contribution in [0, 0.1) is 41.4 Å². The van der Waals surface area contributed by atoms with Crippen molar-refractivity contribution in [2.24, 2.45) is 41.4 Å². The summed E-state index contributed by atoms with van der Waals surface area (Å²) in [5, 5.41) is 1.69. The second-order valence-corrected chi connectivity index (χ2v) is 17.7. The van der Waals surface area contributed by atoms with Gasteiger partial charge in [0, 0.05) is 13.9 Å². The lowest BCUT2D eigenvalue weighted by Crippen LogP contribution is -2.60. The van der Waals surface area contributed by atoms with E-state index in [9.17, 15) is 0 Å². The average molecular weight is 374 g/mol. The van der Waals surface area contributed by atoms with E-state index < -0.39 is 7.26 Å². The molecule has 0 aliphatic heterocycles. The summed E-state index contributed by atoms with van der Waals surface area (Å²) in [6.45, 7) is 8.13. The number of rotatable bonds is 4. The highest BCUT2D eigenvalue weighted by molar-refractivity contribution is 7.78. The molecular weight excluding hydrogens is 331 g/mol. The Hall–Kier alpha value is 0.430. The number of hydrogen-bond acceptors (Lipinski definition) is 0. The third-order valence-electron chi connectivity index (χ3n) is 10.8. The van der Waals surface area contributed by atoms with Gasteiger partial charge in [-0.3, -0.25) is 0 Å². The van der Waals surface area contributed by atoms with Gasteiger partial charge in [0.15, 0.2) is 0 Å². The standard InChI is InChI=1S/C25H42P/c1-17(2)16-26(3,24-10-18-4-19(11-24)6-20(5-18)12-24)25-13-21-7-22(14-25)9-23(8-21)15-25/h17-23H,4-16H2,1-3H3/q+1. The summed E-state index contributed by atoms with van der Waals surface area (Å²) in [6, 6.07) is 0. The third-order valence-corrected chi connectivity index (χ3v) is 17.6. The van der Waals surface area contributed by atoms with Gasteiger partial charge in [-0.05, 0) is 118 Å². The summed E-state index contributed by atoms with van der Waals surface area (Å²) in [7, 11) is -0.924. The van der Waals surface area contributed by atoms with E-state index in [-0.39, 0.29) is 0 Å². The van der Waals surface area contributed by atoms with Crippen LogP contribution in [0.15, 0.2) is 0 Å². The minimum Gasteiger partial charge on any atom is -0.0593 e. The van der Waals surface area contributed by atoms with Crippen molar-refractivity contribution in [2.45, 2.75) is 101 Å². The monoisotopic (exact) mass is 373 g/mol. The Morgan fingerprint density at radius 2 is 0.885 bits per heavy atom. The van der Waals surface area contributed by atoms with Gasteiger partial charge in [0.1, 0.15) is 0 Å². The van der Waals surface area contributed by atoms with Gasteiger partial charge in [-0.2, -0.15) is 0 Å². The molecule has 0 radical (unpaired) electrons. The molecule has 8 saturated carbocycles. The Morgan fingerprint density at radius 1 is 0.615 bits per heavy atom. The van der Waals surface area contributed by atoms with Gasteiger partial charge in [-0.15, -0.1) is 0 Å². The first-order valence-electron chi connectivity index (χ1n) is 12.2. The molecule has 0 heterocycles. The Morgan fingerprint density at radius 3 is 1.12 bits per heavy atom.